The highest BCUT2D eigenvalue weighted by molar-refractivity contribution is 6.23. The zero-order valence-electron chi connectivity index (χ0n) is 11.5. The lowest BCUT2D eigenvalue weighted by atomic mass is 9.94. The lowest BCUT2D eigenvalue weighted by Crippen LogP contribution is -2.31. The van der Waals surface area contributed by atoms with Crippen LogP contribution < -0.4 is 4.90 Å². The second-order valence-corrected chi connectivity index (χ2v) is 5.47. The van der Waals surface area contributed by atoms with Crippen LogP contribution in [0.15, 0.2) is 36.5 Å². The van der Waals surface area contributed by atoms with E-state index >= 15 is 0 Å². The van der Waals surface area contributed by atoms with E-state index in [9.17, 15) is 9.59 Å². The van der Waals surface area contributed by atoms with Crippen LogP contribution in [-0.4, -0.2) is 16.8 Å². The fourth-order valence-corrected chi connectivity index (χ4v) is 2.70. The molecule has 2 amide bonds. The van der Waals surface area contributed by atoms with E-state index in [1.54, 1.807) is 12.3 Å². The summed E-state index contributed by atoms with van der Waals surface area (Å²) in [4.78, 5) is 30.3. The maximum atomic E-state index is 12.5. The van der Waals surface area contributed by atoms with Crippen molar-refractivity contribution in [2.75, 3.05) is 4.90 Å². The van der Waals surface area contributed by atoms with E-state index < -0.39 is 0 Å². The third kappa shape index (κ3) is 1.88. The third-order valence-electron chi connectivity index (χ3n) is 3.84. The first-order chi connectivity index (χ1) is 9.59. The van der Waals surface area contributed by atoms with Gasteiger partial charge in [0, 0.05) is 18.0 Å². The molecule has 1 atom stereocenters. The van der Waals surface area contributed by atoms with Gasteiger partial charge in [-0.1, -0.05) is 32.0 Å². The Morgan fingerprint density at radius 2 is 1.95 bits per heavy atom. The number of hydrogen-bond acceptors (Lipinski definition) is 3. The highest BCUT2D eigenvalue weighted by Gasteiger charge is 2.41. The molecule has 1 aliphatic rings. The summed E-state index contributed by atoms with van der Waals surface area (Å²) in [6, 6.07) is 9.33. The Morgan fingerprint density at radius 1 is 1.20 bits per heavy atom. The van der Waals surface area contributed by atoms with E-state index in [0.29, 0.717) is 17.6 Å². The van der Waals surface area contributed by atoms with Gasteiger partial charge in [0.1, 0.15) is 0 Å². The number of para-hydroxylation sites is 1. The minimum Gasteiger partial charge on any atom is -0.274 e. The van der Waals surface area contributed by atoms with Gasteiger partial charge in [0.2, 0.25) is 11.8 Å². The molecule has 0 N–H and O–H groups in total. The Bertz CT molecular complexity index is 688. The number of imide groups is 1. The second-order valence-electron chi connectivity index (χ2n) is 5.47. The van der Waals surface area contributed by atoms with Crippen molar-refractivity contribution in [3.8, 4) is 0 Å². The van der Waals surface area contributed by atoms with Crippen molar-refractivity contribution in [2.45, 2.75) is 20.3 Å². The smallest absolute Gasteiger partial charge is 0.237 e. The van der Waals surface area contributed by atoms with Gasteiger partial charge in [-0.25, -0.2) is 4.90 Å². The zero-order chi connectivity index (χ0) is 14.3. The molecule has 2 heterocycles. The average Bonchev–Trinajstić information content (AvgIpc) is 2.74. The van der Waals surface area contributed by atoms with E-state index in [2.05, 4.69) is 4.98 Å². The van der Waals surface area contributed by atoms with Crippen LogP contribution in [0, 0.1) is 11.8 Å². The molecule has 1 aromatic heterocycles. The summed E-state index contributed by atoms with van der Waals surface area (Å²) in [7, 11) is 0. The first-order valence-corrected chi connectivity index (χ1v) is 6.80. The summed E-state index contributed by atoms with van der Waals surface area (Å²) in [6.07, 6.45) is 1.97. The van der Waals surface area contributed by atoms with Gasteiger partial charge in [-0.2, -0.15) is 0 Å². The summed E-state index contributed by atoms with van der Waals surface area (Å²) in [6.45, 7) is 3.95. The van der Waals surface area contributed by atoms with Gasteiger partial charge < -0.3 is 0 Å². The van der Waals surface area contributed by atoms with Crippen LogP contribution in [0.5, 0.6) is 0 Å². The molecule has 0 bridgehead atoms. The van der Waals surface area contributed by atoms with Gasteiger partial charge in [0.05, 0.1) is 17.1 Å². The minimum absolute atomic E-state index is 0.108. The molecule has 4 nitrogen and oxygen atoms in total. The van der Waals surface area contributed by atoms with Crippen molar-refractivity contribution in [3.63, 3.8) is 0 Å². The maximum absolute atomic E-state index is 12.5. The molecule has 2 aromatic rings. The second kappa shape index (κ2) is 4.71. The Labute approximate surface area is 117 Å². The average molecular weight is 268 g/mol. The Kier molecular flexibility index (Phi) is 3.01. The summed E-state index contributed by atoms with van der Waals surface area (Å²) < 4.78 is 0. The summed E-state index contributed by atoms with van der Waals surface area (Å²) >= 11 is 0. The fraction of sp³-hybridized carbons (Fsp3) is 0.312. The number of nitrogens with zero attached hydrogens (tertiary/aromatic N) is 2. The van der Waals surface area contributed by atoms with Crippen LogP contribution in [0.25, 0.3) is 10.9 Å². The van der Waals surface area contributed by atoms with E-state index in [1.807, 2.05) is 38.1 Å². The lowest BCUT2D eigenvalue weighted by molar-refractivity contribution is -0.122. The van der Waals surface area contributed by atoms with Crippen LogP contribution in [0.2, 0.25) is 0 Å². The van der Waals surface area contributed by atoms with E-state index in [0.717, 1.165) is 5.39 Å². The number of benzene rings is 1. The molecule has 1 saturated heterocycles. The highest BCUT2D eigenvalue weighted by atomic mass is 16.2. The molecule has 20 heavy (non-hydrogen) atoms. The number of carbonyl (C=O) groups excluding carboxylic acids is 2. The molecule has 0 aliphatic carbocycles. The van der Waals surface area contributed by atoms with E-state index in [4.69, 9.17) is 0 Å². The van der Waals surface area contributed by atoms with Crippen LogP contribution >= 0.6 is 0 Å². The number of carbonyl (C=O) groups is 2. The first-order valence-electron chi connectivity index (χ1n) is 6.80. The molecular weight excluding hydrogens is 252 g/mol. The van der Waals surface area contributed by atoms with Crippen LogP contribution in [0.4, 0.5) is 5.69 Å². The van der Waals surface area contributed by atoms with Crippen molar-refractivity contribution in [3.05, 3.63) is 36.5 Å². The molecule has 3 rings (SSSR count). The number of anilines is 1. The SMILES string of the molecule is CC(C)C1CC(=O)N(c2cccc3cccnc23)C1=O. The van der Waals surface area contributed by atoms with Crippen molar-refractivity contribution >= 4 is 28.4 Å². The van der Waals surface area contributed by atoms with Crippen molar-refractivity contribution in [1.82, 2.24) is 4.98 Å². The molecule has 0 spiro atoms. The number of aromatic nitrogens is 1. The molecule has 102 valence electrons. The van der Waals surface area contributed by atoms with Crippen LogP contribution in [0.3, 0.4) is 0 Å². The Hall–Kier alpha value is -2.23. The molecular formula is C16H16N2O2. The molecule has 1 aromatic carbocycles. The molecule has 1 unspecified atom stereocenters. The van der Waals surface area contributed by atoms with Gasteiger partial charge >= 0.3 is 0 Å². The van der Waals surface area contributed by atoms with Crippen molar-refractivity contribution in [1.29, 1.82) is 0 Å². The third-order valence-corrected chi connectivity index (χ3v) is 3.84. The van der Waals surface area contributed by atoms with Gasteiger partial charge in [0.15, 0.2) is 0 Å². The number of pyridine rings is 1. The molecule has 0 radical (unpaired) electrons. The van der Waals surface area contributed by atoms with Crippen LogP contribution in [-0.2, 0) is 9.59 Å². The normalized spacial score (nSPS) is 19.4. The molecule has 4 heteroatoms. The number of hydrogen-bond donors (Lipinski definition) is 0. The number of fused-ring (bicyclic) bond motifs is 1. The zero-order valence-corrected chi connectivity index (χ0v) is 11.5. The summed E-state index contributed by atoms with van der Waals surface area (Å²) in [5.74, 6) is -0.295. The monoisotopic (exact) mass is 268 g/mol. The molecule has 1 aliphatic heterocycles. The van der Waals surface area contributed by atoms with Crippen molar-refractivity contribution < 1.29 is 9.59 Å². The maximum Gasteiger partial charge on any atom is 0.237 e. The fourth-order valence-electron chi connectivity index (χ4n) is 2.70. The quantitative estimate of drug-likeness (QED) is 0.787. The highest BCUT2D eigenvalue weighted by Crippen LogP contribution is 2.33. The predicted molar refractivity (Wildman–Crippen MR) is 77.2 cm³/mol. The predicted octanol–water partition coefficient (Wildman–Crippen LogP) is 2.77. The molecule has 0 saturated carbocycles. The van der Waals surface area contributed by atoms with Crippen LogP contribution in [0.1, 0.15) is 20.3 Å². The number of rotatable bonds is 2. The first kappa shape index (κ1) is 12.8. The lowest BCUT2D eigenvalue weighted by Gasteiger charge is -2.17. The van der Waals surface area contributed by atoms with Gasteiger partial charge in [-0.05, 0) is 18.1 Å². The summed E-state index contributed by atoms with van der Waals surface area (Å²) in [5.41, 5.74) is 1.29. The largest absolute Gasteiger partial charge is 0.274 e. The topological polar surface area (TPSA) is 50.3 Å². The number of amides is 2. The van der Waals surface area contributed by atoms with Crippen molar-refractivity contribution in [2.24, 2.45) is 11.8 Å². The Morgan fingerprint density at radius 3 is 2.65 bits per heavy atom. The van der Waals surface area contributed by atoms with Gasteiger partial charge in [-0.15, -0.1) is 0 Å². The summed E-state index contributed by atoms with van der Waals surface area (Å²) in [5, 5.41) is 0.929. The Balaban J connectivity index is 2.12. The van der Waals surface area contributed by atoms with Gasteiger partial charge in [0.25, 0.3) is 0 Å². The van der Waals surface area contributed by atoms with E-state index in [1.165, 1.54) is 4.90 Å². The van der Waals surface area contributed by atoms with Gasteiger partial charge in [-0.3, -0.25) is 14.6 Å². The minimum atomic E-state index is -0.221. The van der Waals surface area contributed by atoms with E-state index in [-0.39, 0.29) is 23.7 Å². The standard InChI is InChI=1S/C16H16N2O2/c1-10(2)12-9-14(19)18(16(12)20)13-7-3-5-11-6-4-8-17-15(11)13/h3-8,10,12H,9H2,1-2H3. The molecule has 1 fully saturated rings.